The molecule has 25 heavy (non-hydrogen) atoms. The Balaban J connectivity index is 1.41. The quantitative estimate of drug-likeness (QED) is 0.894. The summed E-state index contributed by atoms with van der Waals surface area (Å²) in [5, 5.41) is 2.96. The summed E-state index contributed by atoms with van der Waals surface area (Å²) in [4.78, 5) is 28.9. The van der Waals surface area contributed by atoms with Crippen LogP contribution in [0.4, 0.5) is 5.69 Å². The highest BCUT2D eigenvalue weighted by atomic mass is 16.2. The zero-order chi connectivity index (χ0) is 17.6. The monoisotopic (exact) mass is 343 g/mol. The molecule has 2 fully saturated rings. The van der Waals surface area contributed by atoms with Gasteiger partial charge in [-0.1, -0.05) is 19.1 Å². The minimum Gasteiger partial charge on any atom is -0.342 e. The molecule has 0 spiro atoms. The number of nitrogens with one attached hydrogen (secondary N) is 1. The molecule has 2 aliphatic heterocycles. The molecule has 0 saturated carbocycles. The molecule has 136 valence electrons. The molecule has 5 heteroatoms. The van der Waals surface area contributed by atoms with E-state index in [4.69, 9.17) is 0 Å². The molecular weight excluding hydrogens is 314 g/mol. The number of piperidine rings is 1. The van der Waals surface area contributed by atoms with Crippen molar-refractivity contribution in [1.82, 2.24) is 9.80 Å². The lowest BCUT2D eigenvalue weighted by molar-refractivity contribution is -0.136. The van der Waals surface area contributed by atoms with Crippen LogP contribution in [-0.2, 0) is 16.0 Å². The van der Waals surface area contributed by atoms with E-state index in [-0.39, 0.29) is 11.8 Å². The van der Waals surface area contributed by atoms with Crippen LogP contribution in [0, 0.1) is 5.92 Å². The van der Waals surface area contributed by atoms with E-state index >= 15 is 0 Å². The molecule has 0 aliphatic carbocycles. The maximum absolute atomic E-state index is 12.5. The molecule has 1 aromatic rings. The molecule has 1 aromatic carbocycles. The van der Waals surface area contributed by atoms with Gasteiger partial charge in [-0.2, -0.15) is 0 Å². The molecule has 2 amide bonds. The largest absolute Gasteiger partial charge is 0.342 e. The molecule has 0 atom stereocenters. The van der Waals surface area contributed by atoms with Crippen LogP contribution in [0.1, 0.15) is 38.2 Å². The van der Waals surface area contributed by atoms with E-state index in [1.807, 2.05) is 29.2 Å². The maximum Gasteiger partial charge on any atom is 0.238 e. The van der Waals surface area contributed by atoms with E-state index in [1.165, 1.54) is 5.56 Å². The molecule has 0 bridgehead atoms. The normalized spacial score (nSPS) is 19.2. The fraction of sp³-hybridized carbons (Fsp3) is 0.600. The van der Waals surface area contributed by atoms with Crippen LogP contribution >= 0.6 is 0 Å². The second-order valence-electron chi connectivity index (χ2n) is 7.18. The first kappa shape index (κ1) is 17.9. The molecule has 2 heterocycles. The Morgan fingerprint density at radius 1 is 1.04 bits per heavy atom. The number of rotatable bonds is 5. The van der Waals surface area contributed by atoms with Crippen LogP contribution in [-0.4, -0.2) is 54.3 Å². The standard InChI is InChI=1S/C20H29N3O2/c1-2-16-5-7-18(8-6-16)21-19(24)15-22-13-9-17(10-14-22)20(25)23-11-3-4-12-23/h5-8,17H,2-4,9-15H2,1H3,(H,21,24). The van der Waals surface area contributed by atoms with E-state index in [2.05, 4.69) is 17.1 Å². The predicted octanol–water partition coefficient (Wildman–Crippen LogP) is 2.52. The maximum atomic E-state index is 12.5. The lowest BCUT2D eigenvalue weighted by Crippen LogP contribution is -2.43. The fourth-order valence-corrected chi connectivity index (χ4v) is 3.76. The molecule has 0 radical (unpaired) electrons. The van der Waals surface area contributed by atoms with Crippen molar-refractivity contribution in [3.8, 4) is 0 Å². The van der Waals surface area contributed by atoms with Gasteiger partial charge in [0.25, 0.3) is 0 Å². The number of benzene rings is 1. The summed E-state index contributed by atoms with van der Waals surface area (Å²) in [5.74, 6) is 0.505. The van der Waals surface area contributed by atoms with Crippen LogP contribution in [0.5, 0.6) is 0 Å². The van der Waals surface area contributed by atoms with Crippen molar-refractivity contribution in [3.63, 3.8) is 0 Å². The minimum absolute atomic E-state index is 0.0218. The van der Waals surface area contributed by atoms with Crippen LogP contribution in [0.15, 0.2) is 24.3 Å². The molecule has 2 saturated heterocycles. The average molecular weight is 343 g/mol. The summed E-state index contributed by atoms with van der Waals surface area (Å²) < 4.78 is 0. The Labute approximate surface area is 150 Å². The average Bonchev–Trinajstić information content (AvgIpc) is 3.17. The van der Waals surface area contributed by atoms with E-state index in [9.17, 15) is 9.59 Å². The van der Waals surface area contributed by atoms with Gasteiger partial charge in [0.05, 0.1) is 6.54 Å². The molecule has 5 nitrogen and oxygen atoms in total. The number of carbonyl (C=O) groups excluding carboxylic acids is 2. The molecule has 1 N–H and O–H groups in total. The lowest BCUT2D eigenvalue weighted by Gasteiger charge is -2.32. The minimum atomic E-state index is 0.0218. The number of likely N-dealkylation sites (tertiary alicyclic amines) is 2. The topological polar surface area (TPSA) is 52.7 Å². The van der Waals surface area contributed by atoms with Gasteiger partial charge in [-0.25, -0.2) is 0 Å². The first-order valence-electron chi connectivity index (χ1n) is 9.55. The summed E-state index contributed by atoms with van der Waals surface area (Å²) in [6.07, 6.45) is 5.02. The van der Waals surface area contributed by atoms with Gasteiger partial charge in [0.1, 0.15) is 0 Å². The third-order valence-electron chi connectivity index (χ3n) is 5.37. The number of aryl methyl sites for hydroxylation is 1. The Morgan fingerprint density at radius 2 is 1.68 bits per heavy atom. The van der Waals surface area contributed by atoms with Crippen molar-refractivity contribution in [3.05, 3.63) is 29.8 Å². The highest BCUT2D eigenvalue weighted by Crippen LogP contribution is 2.22. The van der Waals surface area contributed by atoms with Crippen LogP contribution < -0.4 is 5.32 Å². The lowest BCUT2D eigenvalue weighted by atomic mass is 9.95. The molecular formula is C20H29N3O2. The Hall–Kier alpha value is -1.88. The van der Waals surface area contributed by atoms with Crippen molar-refractivity contribution in [2.45, 2.75) is 39.0 Å². The molecule has 3 rings (SSSR count). The molecule has 0 unspecified atom stereocenters. The predicted molar refractivity (Wildman–Crippen MR) is 99.4 cm³/mol. The zero-order valence-corrected chi connectivity index (χ0v) is 15.2. The van der Waals surface area contributed by atoms with Gasteiger partial charge in [0.15, 0.2) is 0 Å². The summed E-state index contributed by atoms with van der Waals surface area (Å²) in [6, 6.07) is 8.01. The van der Waals surface area contributed by atoms with Crippen molar-refractivity contribution in [2.75, 3.05) is 38.0 Å². The second kappa shape index (κ2) is 8.48. The first-order valence-corrected chi connectivity index (χ1v) is 9.55. The number of anilines is 1. The van der Waals surface area contributed by atoms with E-state index in [0.29, 0.717) is 12.5 Å². The first-order chi connectivity index (χ1) is 12.2. The van der Waals surface area contributed by atoms with Crippen LogP contribution in [0.3, 0.4) is 0 Å². The summed E-state index contributed by atoms with van der Waals surface area (Å²) >= 11 is 0. The summed E-state index contributed by atoms with van der Waals surface area (Å²) in [7, 11) is 0. The molecule has 0 aromatic heterocycles. The summed E-state index contributed by atoms with van der Waals surface area (Å²) in [5.41, 5.74) is 2.11. The highest BCUT2D eigenvalue weighted by molar-refractivity contribution is 5.92. The summed E-state index contributed by atoms with van der Waals surface area (Å²) in [6.45, 7) is 6.03. The van der Waals surface area contributed by atoms with Gasteiger partial charge in [0, 0.05) is 24.7 Å². The number of hydrogen-bond acceptors (Lipinski definition) is 3. The number of nitrogens with zero attached hydrogens (tertiary/aromatic N) is 2. The third-order valence-corrected chi connectivity index (χ3v) is 5.37. The van der Waals surface area contributed by atoms with Gasteiger partial charge in [-0.15, -0.1) is 0 Å². The van der Waals surface area contributed by atoms with Crippen LogP contribution in [0.25, 0.3) is 0 Å². The second-order valence-corrected chi connectivity index (χ2v) is 7.18. The number of amides is 2. The van der Waals surface area contributed by atoms with Gasteiger partial charge in [0.2, 0.25) is 11.8 Å². The van der Waals surface area contributed by atoms with E-state index < -0.39 is 0 Å². The van der Waals surface area contributed by atoms with Gasteiger partial charge in [-0.05, 0) is 62.9 Å². The smallest absolute Gasteiger partial charge is 0.238 e. The van der Waals surface area contributed by atoms with E-state index in [0.717, 1.165) is 64.0 Å². The van der Waals surface area contributed by atoms with Gasteiger partial charge in [-0.3, -0.25) is 14.5 Å². The fourth-order valence-electron chi connectivity index (χ4n) is 3.76. The SMILES string of the molecule is CCc1ccc(NC(=O)CN2CCC(C(=O)N3CCCC3)CC2)cc1. The number of carbonyl (C=O) groups is 2. The zero-order valence-electron chi connectivity index (χ0n) is 15.2. The van der Waals surface area contributed by atoms with Gasteiger partial charge >= 0.3 is 0 Å². The van der Waals surface area contributed by atoms with Crippen molar-refractivity contribution in [1.29, 1.82) is 0 Å². The Bertz CT molecular complexity index is 585. The van der Waals surface area contributed by atoms with Crippen molar-refractivity contribution in [2.24, 2.45) is 5.92 Å². The van der Waals surface area contributed by atoms with E-state index in [1.54, 1.807) is 0 Å². The van der Waals surface area contributed by atoms with Crippen molar-refractivity contribution < 1.29 is 9.59 Å². The number of hydrogen-bond donors (Lipinski definition) is 1. The highest BCUT2D eigenvalue weighted by Gasteiger charge is 2.30. The van der Waals surface area contributed by atoms with Gasteiger partial charge < -0.3 is 10.2 Å². The molecule has 2 aliphatic rings. The Morgan fingerprint density at radius 3 is 2.28 bits per heavy atom. The third kappa shape index (κ3) is 4.82. The Kier molecular flexibility index (Phi) is 6.08. The van der Waals surface area contributed by atoms with Crippen molar-refractivity contribution >= 4 is 17.5 Å². The van der Waals surface area contributed by atoms with Crippen LogP contribution in [0.2, 0.25) is 0 Å².